The van der Waals surface area contributed by atoms with Crippen molar-refractivity contribution in [3.8, 4) is 0 Å². The molecule has 0 unspecified atom stereocenters. The summed E-state index contributed by atoms with van der Waals surface area (Å²) in [6.45, 7) is 4.41. The number of hydrogen-bond donors (Lipinski definition) is 3. The normalized spacial score (nSPS) is 16.4. The summed E-state index contributed by atoms with van der Waals surface area (Å²) >= 11 is 0. The summed E-state index contributed by atoms with van der Waals surface area (Å²) in [7, 11) is 6.11. The number of aliphatic hydroxyl groups is 1. The van der Waals surface area contributed by atoms with Crippen molar-refractivity contribution < 1.29 is 14.7 Å². The second-order valence-corrected chi connectivity index (χ2v) is 7.38. The van der Waals surface area contributed by atoms with Gasteiger partial charge in [-0.3, -0.25) is 14.5 Å². The molecule has 1 fully saturated rings. The molecule has 8 nitrogen and oxygen atoms in total. The topological polar surface area (TPSA) is 88.1 Å². The van der Waals surface area contributed by atoms with Crippen LogP contribution in [0.25, 0.3) is 0 Å². The van der Waals surface area contributed by atoms with E-state index < -0.39 is 11.8 Å². The molecular formula is C20H33N5O3. The van der Waals surface area contributed by atoms with Gasteiger partial charge in [-0.15, -0.1) is 0 Å². The van der Waals surface area contributed by atoms with Gasteiger partial charge in [0.25, 0.3) is 0 Å². The Balaban J connectivity index is 2.04. The van der Waals surface area contributed by atoms with Crippen LogP contribution in [0.1, 0.15) is 18.0 Å². The maximum absolute atomic E-state index is 12.1. The molecule has 156 valence electrons. The van der Waals surface area contributed by atoms with Crippen LogP contribution in [-0.4, -0.2) is 93.7 Å². The zero-order chi connectivity index (χ0) is 20.5. The second-order valence-electron chi connectivity index (χ2n) is 7.38. The van der Waals surface area contributed by atoms with Crippen LogP contribution >= 0.6 is 0 Å². The van der Waals surface area contributed by atoms with Crippen molar-refractivity contribution in [1.82, 2.24) is 20.4 Å². The Bertz CT molecular complexity index is 627. The Hall–Kier alpha value is -2.16. The first kappa shape index (κ1) is 22.1. The molecular weight excluding hydrogens is 358 g/mol. The van der Waals surface area contributed by atoms with Crippen LogP contribution in [0.2, 0.25) is 0 Å². The standard InChI is InChI=1S/C20H33N5O3/c1-23(2)17-7-5-16(6-8-17)18(25-12-10-24(3)11-13-25)15-22-20(28)19(27)21-9-4-14-26/h5-8,18,26H,4,9-15H2,1-3H3,(H,21,27)(H,22,28)/t18-/m1/s1. The van der Waals surface area contributed by atoms with Gasteiger partial charge in [0.05, 0.1) is 6.04 Å². The Morgan fingerprint density at radius 1 is 1.07 bits per heavy atom. The van der Waals surface area contributed by atoms with Crippen molar-refractivity contribution in [3.63, 3.8) is 0 Å². The molecule has 2 amide bonds. The van der Waals surface area contributed by atoms with Gasteiger partial charge in [0, 0.05) is 65.7 Å². The number of amides is 2. The molecule has 0 bridgehead atoms. The largest absolute Gasteiger partial charge is 0.396 e. The molecule has 1 aliphatic rings. The molecule has 0 saturated carbocycles. The van der Waals surface area contributed by atoms with E-state index in [1.165, 1.54) is 0 Å². The lowest BCUT2D eigenvalue weighted by atomic mass is 10.0. The van der Waals surface area contributed by atoms with Gasteiger partial charge in [-0.2, -0.15) is 0 Å². The first-order valence-electron chi connectivity index (χ1n) is 9.79. The summed E-state index contributed by atoms with van der Waals surface area (Å²) in [5.41, 5.74) is 2.24. The number of nitrogens with one attached hydrogen (secondary N) is 2. The van der Waals surface area contributed by atoms with Gasteiger partial charge >= 0.3 is 11.8 Å². The van der Waals surface area contributed by atoms with Crippen LogP contribution in [0.3, 0.4) is 0 Å². The third-order valence-electron chi connectivity index (χ3n) is 5.06. The van der Waals surface area contributed by atoms with E-state index in [9.17, 15) is 9.59 Å². The van der Waals surface area contributed by atoms with Gasteiger partial charge in [-0.05, 0) is 31.2 Å². The Labute approximate surface area is 167 Å². The van der Waals surface area contributed by atoms with E-state index in [0.717, 1.165) is 37.4 Å². The van der Waals surface area contributed by atoms with Gasteiger partial charge in [0.1, 0.15) is 0 Å². The van der Waals surface area contributed by atoms with E-state index in [2.05, 4.69) is 51.7 Å². The van der Waals surface area contributed by atoms with Gasteiger partial charge in [0.2, 0.25) is 0 Å². The summed E-state index contributed by atoms with van der Waals surface area (Å²) in [6.07, 6.45) is 0.432. The summed E-state index contributed by atoms with van der Waals surface area (Å²) < 4.78 is 0. The van der Waals surface area contributed by atoms with Gasteiger partial charge in [-0.25, -0.2) is 0 Å². The van der Waals surface area contributed by atoms with E-state index >= 15 is 0 Å². The second kappa shape index (κ2) is 11.0. The Kier molecular flexibility index (Phi) is 8.69. The van der Waals surface area contributed by atoms with Crippen LogP contribution in [0.15, 0.2) is 24.3 Å². The minimum absolute atomic E-state index is 0.0131. The van der Waals surface area contributed by atoms with Crippen LogP contribution in [0, 0.1) is 0 Å². The minimum Gasteiger partial charge on any atom is -0.396 e. The number of carbonyl (C=O) groups is 2. The van der Waals surface area contributed by atoms with Crippen LogP contribution in [0.5, 0.6) is 0 Å². The maximum Gasteiger partial charge on any atom is 0.309 e. The molecule has 0 radical (unpaired) electrons. The average Bonchev–Trinajstić information content (AvgIpc) is 2.69. The number of aliphatic hydroxyl groups excluding tert-OH is 1. The monoisotopic (exact) mass is 391 g/mol. The first-order chi connectivity index (χ1) is 13.4. The quantitative estimate of drug-likeness (QED) is 0.415. The zero-order valence-electron chi connectivity index (χ0n) is 17.1. The van der Waals surface area contributed by atoms with E-state index in [4.69, 9.17) is 5.11 Å². The number of likely N-dealkylation sites (N-methyl/N-ethyl adjacent to an activating group) is 1. The van der Waals surface area contributed by atoms with Crippen LogP contribution < -0.4 is 15.5 Å². The number of anilines is 1. The molecule has 2 rings (SSSR count). The predicted octanol–water partition coefficient (Wildman–Crippen LogP) is -0.344. The lowest BCUT2D eigenvalue weighted by Gasteiger charge is -2.38. The fourth-order valence-electron chi connectivity index (χ4n) is 3.22. The molecule has 28 heavy (non-hydrogen) atoms. The van der Waals surface area contributed by atoms with Crippen molar-refractivity contribution in [2.45, 2.75) is 12.5 Å². The highest BCUT2D eigenvalue weighted by atomic mass is 16.3. The lowest BCUT2D eigenvalue weighted by molar-refractivity contribution is -0.139. The summed E-state index contributed by atoms with van der Waals surface area (Å²) in [6, 6.07) is 8.33. The summed E-state index contributed by atoms with van der Waals surface area (Å²) in [5.74, 6) is -1.30. The van der Waals surface area contributed by atoms with E-state index in [-0.39, 0.29) is 19.2 Å². The molecule has 1 heterocycles. The number of nitrogens with zero attached hydrogens (tertiary/aromatic N) is 3. The first-order valence-corrected chi connectivity index (χ1v) is 9.79. The molecule has 3 N–H and O–H groups in total. The highest BCUT2D eigenvalue weighted by Gasteiger charge is 2.25. The molecule has 1 aromatic carbocycles. The zero-order valence-corrected chi connectivity index (χ0v) is 17.1. The van der Waals surface area contributed by atoms with E-state index in [0.29, 0.717) is 13.0 Å². The summed E-state index contributed by atoms with van der Waals surface area (Å²) in [5, 5.41) is 14.1. The van der Waals surface area contributed by atoms with E-state index in [1.807, 2.05) is 19.0 Å². The molecule has 0 aromatic heterocycles. The van der Waals surface area contributed by atoms with Crippen molar-refractivity contribution >= 4 is 17.5 Å². The highest BCUT2D eigenvalue weighted by molar-refractivity contribution is 6.35. The van der Waals surface area contributed by atoms with Crippen LogP contribution in [-0.2, 0) is 9.59 Å². The lowest BCUT2D eigenvalue weighted by Crippen LogP contribution is -2.49. The molecule has 0 aliphatic carbocycles. The molecule has 8 heteroatoms. The minimum atomic E-state index is -0.659. The van der Waals surface area contributed by atoms with Crippen molar-refractivity contribution in [1.29, 1.82) is 0 Å². The fourth-order valence-corrected chi connectivity index (χ4v) is 3.22. The van der Waals surface area contributed by atoms with Crippen LogP contribution in [0.4, 0.5) is 5.69 Å². The van der Waals surface area contributed by atoms with Gasteiger partial charge in [-0.1, -0.05) is 12.1 Å². The van der Waals surface area contributed by atoms with E-state index in [1.54, 1.807) is 0 Å². The number of piperazine rings is 1. The Morgan fingerprint density at radius 3 is 2.25 bits per heavy atom. The average molecular weight is 392 g/mol. The van der Waals surface area contributed by atoms with Crippen molar-refractivity contribution in [3.05, 3.63) is 29.8 Å². The summed E-state index contributed by atoms with van der Waals surface area (Å²) in [4.78, 5) is 30.7. The number of benzene rings is 1. The molecule has 1 aliphatic heterocycles. The molecule has 1 atom stereocenters. The van der Waals surface area contributed by atoms with Gasteiger partial charge in [0.15, 0.2) is 0 Å². The molecule has 0 spiro atoms. The number of rotatable bonds is 8. The maximum atomic E-state index is 12.1. The van der Waals surface area contributed by atoms with Crippen molar-refractivity contribution in [2.24, 2.45) is 0 Å². The third-order valence-corrected chi connectivity index (χ3v) is 5.06. The smallest absolute Gasteiger partial charge is 0.309 e. The number of carbonyl (C=O) groups excluding carboxylic acids is 2. The molecule has 1 saturated heterocycles. The van der Waals surface area contributed by atoms with Gasteiger partial charge < -0.3 is 25.5 Å². The Morgan fingerprint density at radius 2 is 1.68 bits per heavy atom. The predicted molar refractivity (Wildman–Crippen MR) is 110 cm³/mol. The highest BCUT2D eigenvalue weighted by Crippen LogP contribution is 2.24. The SMILES string of the molecule is CN1CCN([C@H](CNC(=O)C(=O)NCCCO)c2ccc(N(C)C)cc2)CC1. The number of hydrogen-bond acceptors (Lipinski definition) is 6. The molecule has 1 aromatic rings. The van der Waals surface area contributed by atoms with Crippen molar-refractivity contribution in [2.75, 3.05) is 71.9 Å². The third kappa shape index (κ3) is 6.47. The fraction of sp³-hybridized carbons (Fsp3) is 0.600.